The summed E-state index contributed by atoms with van der Waals surface area (Å²) in [4.78, 5) is 1.98. The molecule has 2 aromatic heterocycles. The van der Waals surface area contributed by atoms with Crippen LogP contribution in [0.2, 0.25) is 0 Å². The van der Waals surface area contributed by atoms with Gasteiger partial charge in [-0.3, -0.25) is 0 Å². The lowest BCUT2D eigenvalue weighted by molar-refractivity contribution is 0.204. The maximum Gasteiger partial charge on any atom is 0.163 e. The molecule has 2 rings (SSSR count). The lowest BCUT2D eigenvalue weighted by atomic mass is 10.3. The first-order valence-corrected chi connectivity index (χ1v) is 5.83. The van der Waals surface area contributed by atoms with Crippen LogP contribution < -0.4 is 4.90 Å². The van der Waals surface area contributed by atoms with Crippen molar-refractivity contribution in [1.29, 1.82) is 5.26 Å². The number of rotatable bonds is 6. The average molecular weight is 258 g/mol. The molecule has 0 aliphatic carbocycles. The fourth-order valence-electron chi connectivity index (χ4n) is 1.62. The van der Waals surface area contributed by atoms with Gasteiger partial charge in [0.05, 0.1) is 19.4 Å². The second-order valence-corrected chi connectivity index (χ2v) is 3.88. The Hall–Kier alpha value is -2.39. The van der Waals surface area contributed by atoms with Crippen LogP contribution in [0.1, 0.15) is 11.5 Å². The van der Waals surface area contributed by atoms with E-state index < -0.39 is 0 Å². The molecule has 19 heavy (non-hydrogen) atoms. The van der Waals surface area contributed by atoms with Gasteiger partial charge in [-0.25, -0.2) is 0 Å². The number of nitriles is 1. The Kier molecular flexibility index (Phi) is 4.48. The van der Waals surface area contributed by atoms with Gasteiger partial charge >= 0.3 is 0 Å². The van der Waals surface area contributed by atoms with Crippen LogP contribution in [-0.2, 0) is 11.3 Å². The van der Waals surface area contributed by atoms with Crippen molar-refractivity contribution >= 4 is 5.82 Å². The van der Waals surface area contributed by atoms with E-state index in [1.54, 1.807) is 25.5 Å². The maximum absolute atomic E-state index is 8.71. The maximum atomic E-state index is 8.71. The average Bonchev–Trinajstić information content (AvgIpc) is 2.96. The van der Waals surface area contributed by atoms with Gasteiger partial charge in [0.15, 0.2) is 11.5 Å². The van der Waals surface area contributed by atoms with E-state index in [0.29, 0.717) is 31.2 Å². The Morgan fingerprint density at radius 2 is 2.26 bits per heavy atom. The van der Waals surface area contributed by atoms with Crippen molar-refractivity contribution in [3.8, 4) is 6.07 Å². The molecule has 0 bridgehead atoms. The first-order valence-electron chi connectivity index (χ1n) is 5.83. The highest BCUT2D eigenvalue weighted by Crippen LogP contribution is 2.14. The van der Waals surface area contributed by atoms with Crippen LogP contribution in [0.4, 0.5) is 5.82 Å². The third-order valence-electron chi connectivity index (χ3n) is 2.58. The zero-order valence-corrected chi connectivity index (χ0v) is 10.6. The molecule has 0 spiro atoms. The SMILES string of the molecule is COCCN(Cc1ccco1)c1ccc(C#N)nn1. The first-order chi connectivity index (χ1) is 9.33. The van der Waals surface area contributed by atoms with Crippen molar-refractivity contribution in [2.24, 2.45) is 0 Å². The third kappa shape index (κ3) is 3.53. The molecular weight excluding hydrogens is 244 g/mol. The van der Waals surface area contributed by atoms with Crippen molar-refractivity contribution in [1.82, 2.24) is 10.2 Å². The molecule has 0 amide bonds. The summed E-state index contributed by atoms with van der Waals surface area (Å²) in [6, 6.07) is 9.10. The summed E-state index contributed by atoms with van der Waals surface area (Å²) in [5.74, 6) is 1.52. The standard InChI is InChI=1S/C13H14N4O2/c1-18-8-6-17(10-12-3-2-7-19-12)13-5-4-11(9-14)15-16-13/h2-5,7H,6,8,10H2,1H3. The molecule has 6 heteroatoms. The fourth-order valence-corrected chi connectivity index (χ4v) is 1.62. The molecule has 6 nitrogen and oxygen atoms in total. The van der Waals surface area contributed by atoms with Gasteiger partial charge in [0.1, 0.15) is 11.8 Å². The Labute approximate surface area is 111 Å². The summed E-state index contributed by atoms with van der Waals surface area (Å²) in [6.45, 7) is 1.82. The van der Waals surface area contributed by atoms with E-state index in [1.165, 1.54) is 0 Å². The molecule has 2 aromatic rings. The number of hydrogen-bond acceptors (Lipinski definition) is 6. The summed E-state index contributed by atoms with van der Waals surface area (Å²) < 4.78 is 10.4. The summed E-state index contributed by atoms with van der Waals surface area (Å²) in [5, 5.41) is 16.6. The second kappa shape index (κ2) is 6.52. The van der Waals surface area contributed by atoms with Crippen LogP contribution in [0.5, 0.6) is 0 Å². The minimum atomic E-state index is 0.299. The van der Waals surface area contributed by atoms with Crippen molar-refractivity contribution in [3.63, 3.8) is 0 Å². The highest BCUT2D eigenvalue weighted by Gasteiger charge is 2.11. The zero-order chi connectivity index (χ0) is 13.5. The molecule has 0 unspecified atom stereocenters. The smallest absolute Gasteiger partial charge is 0.163 e. The summed E-state index contributed by atoms with van der Waals surface area (Å²) >= 11 is 0. The minimum Gasteiger partial charge on any atom is -0.467 e. The molecule has 0 N–H and O–H groups in total. The first kappa shape index (κ1) is 13.1. The second-order valence-electron chi connectivity index (χ2n) is 3.88. The van der Waals surface area contributed by atoms with E-state index in [2.05, 4.69) is 10.2 Å². The van der Waals surface area contributed by atoms with Crippen LogP contribution in [0.15, 0.2) is 34.9 Å². The topological polar surface area (TPSA) is 75.2 Å². The Balaban J connectivity index is 2.13. The minimum absolute atomic E-state index is 0.299. The molecule has 0 radical (unpaired) electrons. The highest BCUT2D eigenvalue weighted by molar-refractivity contribution is 5.39. The van der Waals surface area contributed by atoms with Crippen LogP contribution >= 0.6 is 0 Å². The van der Waals surface area contributed by atoms with Crippen molar-refractivity contribution in [2.45, 2.75) is 6.54 Å². The van der Waals surface area contributed by atoms with Crippen LogP contribution in [-0.4, -0.2) is 30.5 Å². The predicted octanol–water partition coefficient (Wildman–Crippen LogP) is 1.59. The van der Waals surface area contributed by atoms with Gasteiger partial charge in [0.2, 0.25) is 0 Å². The summed E-state index contributed by atoms with van der Waals surface area (Å²) in [7, 11) is 1.65. The molecule has 0 aliphatic heterocycles. The van der Waals surface area contributed by atoms with E-state index >= 15 is 0 Å². The Morgan fingerprint density at radius 3 is 2.84 bits per heavy atom. The number of nitrogens with zero attached hydrogens (tertiary/aromatic N) is 4. The third-order valence-corrected chi connectivity index (χ3v) is 2.58. The van der Waals surface area contributed by atoms with Gasteiger partial charge < -0.3 is 14.1 Å². The van der Waals surface area contributed by atoms with E-state index in [0.717, 1.165) is 5.76 Å². The largest absolute Gasteiger partial charge is 0.467 e. The quantitative estimate of drug-likeness (QED) is 0.783. The van der Waals surface area contributed by atoms with Gasteiger partial charge in [-0.1, -0.05) is 0 Å². The molecular formula is C13H14N4O2. The van der Waals surface area contributed by atoms with Crippen molar-refractivity contribution < 1.29 is 9.15 Å². The van der Waals surface area contributed by atoms with E-state index in [1.807, 2.05) is 23.1 Å². The summed E-state index contributed by atoms with van der Waals surface area (Å²) in [5.41, 5.74) is 0.299. The molecule has 0 aliphatic rings. The van der Waals surface area contributed by atoms with Gasteiger partial charge in [-0.05, 0) is 24.3 Å². The number of methoxy groups -OCH3 is 1. The predicted molar refractivity (Wildman–Crippen MR) is 68.4 cm³/mol. The molecule has 0 saturated carbocycles. The van der Waals surface area contributed by atoms with E-state index in [-0.39, 0.29) is 0 Å². The molecule has 2 heterocycles. The van der Waals surface area contributed by atoms with Crippen molar-refractivity contribution in [2.75, 3.05) is 25.2 Å². The van der Waals surface area contributed by atoms with E-state index in [4.69, 9.17) is 14.4 Å². The lowest BCUT2D eigenvalue weighted by Gasteiger charge is -2.21. The Bertz CT molecular complexity index is 531. The number of aromatic nitrogens is 2. The zero-order valence-electron chi connectivity index (χ0n) is 10.6. The highest BCUT2D eigenvalue weighted by atomic mass is 16.5. The molecule has 0 atom stereocenters. The van der Waals surface area contributed by atoms with Gasteiger partial charge in [0.25, 0.3) is 0 Å². The van der Waals surface area contributed by atoms with Crippen LogP contribution in [0.3, 0.4) is 0 Å². The van der Waals surface area contributed by atoms with Gasteiger partial charge in [0, 0.05) is 13.7 Å². The van der Waals surface area contributed by atoms with Crippen molar-refractivity contribution in [3.05, 3.63) is 42.0 Å². The monoisotopic (exact) mass is 258 g/mol. The van der Waals surface area contributed by atoms with Gasteiger partial charge in [-0.2, -0.15) is 5.26 Å². The fraction of sp³-hybridized carbons (Fsp3) is 0.308. The van der Waals surface area contributed by atoms with Crippen LogP contribution in [0.25, 0.3) is 0 Å². The Morgan fingerprint density at radius 1 is 1.37 bits per heavy atom. The number of anilines is 1. The van der Waals surface area contributed by atoms with E-state index in [9.17, 15) is 0 Å². The lowest BCUT2D eigenvalue weighted by Crippen LogP contribution is -2.27. The normalized spacial score (nSPS) is 10.1. The number of ether oxygens (including phenoxy) is 1. The number of furan rings is 1. The number of hydrogen-bond donors (Lipinski definition) is 0. The van der Waals surface area contributed by atoms with Crippen LogP contribution in [0, 0.1) is 11.3 Å². The molecule has 0 saturated heterocycles. The summed E-state index contributed by atoms with van der Waals surface area (Å²) in [6.07, 6.45) is 1.63. The molecule has 98 valence electrons. The van der Waals surface area contributed by atoms with Gasteiger partial charge in [-0.15, -0.1) is 10.2 Å². The molecule has 0 fully saturated rings. The molecule has 0 aromatic carbocycles.